The second kappa shape index (κ2) is 7.81. The first-order valence-corrected chi connectivity index (χ1v) is 7.86. The van der Waals surface area contributed by atoms with Gasteiger partial charge in [-0.2, -0.15) is 0 Å². The van der Waals surface area contributed by atoms with Gasteiger partial charge in [-0.15, -0.1) is 0 Å². The number of nitrogens with one attached hydrogen (secondary N) is 1. The molecule has 130 valence electrons. The maximum absolute atomic E-state index is 12.2. The van der Waals surface area contributed by atoms with Gasteiger partial charge in [-0.25, -0.2) is 0 Å². The Balaban J connectivity index is 1.76. The highest BCUT2D eigenvalue weighted by atomic mass is 16.5. The van der Waals surface area contributed by atoms with Crippen LogP contribution in [-0.4, -0.2) is 54.0 Å². The Morgan fingerprint density at radius 3 is 2.67 bits per heavy atom. The first-order valence-electron chi connectivity index (χ1n) is 7.86. The molecular formula is C17H22N2O5. The van der Waals surface area contributed by atoms with Crippen molar-refractivity contribution in [1.82, 2.24) is 10.2 Å². The Kier molecular flexibility index (Phi) is 5.78. The molecule has 2 N–H and O–H groups in total. The third-order valence-corrected chi connectivity index (χ3v) is 4.12. The summed E-state index contributed by atoms with van der Waals surface area (Å²) in [5, 5.41) is 11.8. The molecule has 24 heavy (non-hydrogen) atoms. The number of rotatable bonds is 6. The lowest BCUT2D eigenvalue weighted by molar-refractivity contribution is -0.153. The molecule has 1 aromatic carbocycles. The van der Waals surface area contributed by atoms with Gasteiger partial charge in [0.25, 0.3) is 5.91 Å². The molecule has 0 bridgehead atoms. The molecule has 1 heterocycles. The minimum atomic E-state index is -0.922. The van der Waals surface area contributed by atoms with Gasteiger partial charge in [-0.3, -0.25) is 14.4 Å². The number of carbonyl (C=O) groups is 3. The van der Waals surface area contributed by atoms with E-state index in [1.54, 1.807) is 31.2 Å². The molecule has 0 aliphatic carbocycles. The van der Waals surface area contributed by atoms with E-state index in [4.69, 9.17) is 4.74 Å². The number of hydrogen-bond donors (Lipinski definition) is 2. The second-order valence-corrected chi connectivity index (χ2v) is 6.16. The van der Waals surface area contributed by atoms with Crippen molar-refractivity contribution in [1.29, 1.82) is 0 Å². The van der Waals surface area contributed by atoms with Crippen LogP contribution >= 0.6 is 0 Å². The maximum Gasteiger partial charge on any atom is 0.311 e. The number of benzene rings is 1. The zero-order valence-electron chi connectivity index (χ0n) is 13.7. The maximum atomic E-state index is 12.2. The van der Waals surface area contributed by atoms with E-state index >= 15 is 0 Å². The van der Waals surface area contributed by atoms with E-state index in [1.807, 2.05) is 6.07 Å². The molecule has 2 amide bonds. The van der Waals surface area contributed by atoms with Crippen LogP contribution in [0.3, 0.4) is 0 Å². The average Bonchev–Trinajstić information content (AvgIpc) is 2.58. The number of carboxylic acids is 1. The van der Waals surface area contributed by atoms with Crippen LogP contribution in [0.25, 0.3) is 0 Å². The van der Waals surface area contributed by atoms with Gasteiger partial charge in [0, 0.05) is 13.1 Å². The molecule has 1 saturated heterocycles. The molecule has 2 rings (SSSR count). The van der Waals surface area contributed by atoms with E-state index in [9.17, 15) is 19.5 Å². The molecule has 0 saturated carbocycles. The summed E-state index contributed by atoms with van der Waals surface area (Å²) < 4.78 is 5.30. The normalized spacial score (nSPS) is 20.3. The number of ether oxygens (including phenoxy) is 1. The summed E-state index contributed by atoms with van der Waals surface area (Å²) in [6.07, 6.45) is 1.18. The van der Waals surface area contributed by atoms with E-state index in [2.05, 4.69) is 5.32 Å². The molecule has 0 radical (unpaired) electrons. The van der Waals surface area contributed by atoms with E-state index < -0.39 is 17.3 Å². The fraction of sp³-hybridized carbons (Fsp3) is 0.471. The number of aliphatic carboxylic acids is 1. The number of likely N-dealkylation sites (tertiary alicyclic amines) is 1. The second-order valence-electron chi connectivity index (χ2n) is 6.16. The number of carbonyl (C=O) groups excluding carboxylic acids is 2. The average molecular weight is 334 g/mol. The van der Waals surface area contributed by atoms with Gasteiger partial charge in [0.1, 0.15) is 5.75 Å². The van der Waals surface area contributed by atoms with E-state index in [1.165, 1.54) is 4.90 Å². The molecule has 1 unspecified atom stereocenters. The summed E-state index contributed by atoms with van der Waals surface area (Å²) in [7, 11) is 0. The van der Waals surface area contributed by atoms with Crippen LogP contribution in [0.5, 0.6) is 5.75 Å². The number of carboxylic acid groups (broad SMARTS) is 1. The first kappa shape index (κ1) is 17.8. The highest BCUT2D eigenvalue weighted by molar-refractivity contribution is 5.86. The summed E-state index contributed by atoms with van der Waals surface area (Å²) >= 11 is 0. The molecule has 1 fully saturated rings. The number of para-hydroxylation sites is 1. The van der Waals surface area contributed by atoms with Crippen molar-refractivity contribution in [3.63, 3.8) is 0 Å². The van der Waals surface area contributed by atoms with Crippen molar-refractivity contribution in [2.45, 2.75) is 19.8 Å². The van der Waals surface area contributed by atoms with Crippen LogP contribution in [0.4, 0.5) is 0 Å². The Labute approximate surface area is 140 Å². The number of hydrogen-bond acceptors (Lipinski definition) is 4. The zero-order chi connectivity index (χ0) is 17.6. The first-order chi connectivity index (χ1) is 11.4. The molecule has 7 heteroatoms. The Hall–Kier alpha value is -2.57. The largest absolute Gasteiger partial charge is 0.484 e. The number of piperidine rings is 1. The van der Waals surface area contributed by atoms with E-state index in [0.29, 0.717) is 25.1 Å². The number of amides is 2. The lowest BCUT2D eigenvalue weighted by Crippen LogP contribution is -2.51. The fourth-order valence-corrected chi connectivity index (χ4v) is 2.63. The topological polar surface area (TPSA) is 95.9 Å². The summed E-state index contributed by atoms with van der Waals surface area (Å²) in [5.41, 5.74) is -0.922. The fourth-order valence-electron chi connectivity index (χ4n) is 2.63. The van der Waals surface area contributed by atoms with Crippen molar-refractivity contribution >= 4 is 17.8 Å². The van der Waals surface area contributed by atoms with Gasteiger partial charge in [0.15, 0.2) is 6.61 Å². The van der Waals surface area contributed by atoms with Gasteiger partial charge >= 0.3 is 5.97 Å². The molecule has 1 aliphatic rings. The van der Waals surface area contributed by atoms with Gasteiger partial charge in [0.05, 0.1) is 12.0 Å². The van der Waals surface area contributed by atoms with Crippen molar-refractivity contribution in [2.24, 2.45) is 5.41 Å². The number of nitrogens with zero attached hydrogens (tertiary/aromatic N) is 1. The van der Waals surface area contributed by atoms with Crippen LogP contribution in [0.15, 0.2) is 30.3 Å². The van der Waals surface area contributed by atoms with Crippen LogP contribution in [-0.2, 0) is 14.4 Å². The molecule has 1 aromatic rings. The molecular weight excluding hydrogens is 312 g/mol. The SMILES string of the molecule is CC1(C(=O)O)CCCN(C(=O)CNC(=O)COc2ccccc2)C1. The Morgan fingerprint density at radius 1 is 1.29 bits per heavy atom. The lowest BCUT2D eigenvalue weighted by Gasteiger charge is -2.37. The van der Waals surface area contributed by atoms with E-state index in [-0.39, 0.29) is 25.6 Å². The summed E-state index contributed by atoms with van der Waals surface area (Å²) in [5.74, 6) is -1.01. The van der Waals surface area contributed by atoms with Crippen molar-refractivity contribution in [3.8, 4) is 5.75 Å². The van der Waals surface area contributed by atoms with Crippen molar-refractivity contribution in [2.75, 3.05) is 26.2 Å². The highest BCUT2D eigenvalue weighted by Crippen LogP contribution is 2.29. The monoisotopic (exact) mass is 334 g/mol. The van der Waals surface area contributed by atoms with Gasteiger partial charge in [-0.1, -0.05) is 18.2 Å². The third kappa shape index (κ3) is 4.71. The Morgan fingerprint density at radius 2 is 2.00 bits per heavy atom. The third-order valence-electron chi connectivity index (χ3n) is 4.12. The molecule has 7 nitrogen and oxygen atoms in total. The summed E-state index contributed by atoms with van der Waals surface area (Å²) in [6.45, 7) is 1.98. The van der Waals surface area contributed by atoms with Crippen LogP contribution in [0.2, 0.25) is 0 Å². The molecule has 0 aromatic heterocycles. The van der Waals surface area contributed by atoms with Gasteiger partial charge < -0.3 is 20.1 Å². The standard InChI is InChI=1S/C17H22N2O5/c1-17(16(22)23)8-5-9-19(12-17)15(21)10-18-14(20)11-24-13-6-3-2-4-7-13/h2-4,6-7H,5,8-12H2,1H3,(H,18,20)(H,22,23). The highest BCUT2D eigenvalue weighted by Gasteiger charge is 2.39. The predicted molar refractivity (Wildman–Crippen MR) is 86.5 cm³/mol. The Bertz CT molecular complexity index is 604. The summed E-state index contributed by atoms with van der Waals surface area (Å²) in [6, 6.07) is 8.91. The van der Waals surface area contributed by atoms with E-state index in [0.717, 1.165) is 0 Å². The quantitative estimate of drug-likeness (QED) is 0.806. The molecule has 1 aliphatic heterocycles. The lowest BCUT2D eigenvalue weighted by atomic mass is 9.82. The minimum absolute atomic E-state index is 0.160. The van der Waals surface area contributed by atoms with Crippen LogP contribution in [0, 0.1) is 5.41 Å². The van der Waals surface area contributed by atoms with Crippen LogP contribution < -0.4 is 10.1 Å². The predicted octanol–water partition coefficient (Wildman–Crippen LogP) is 0.895. The smallest absolute Gasteiger partial charge is 0.311 e. The van der Waals surface area contributed by atoms with Gasteiger partial charge in [0.2, 0.25) is 5.91 Å². The van der Waals surface area contributed by atoms with Crippen LogP contribution in [0.1, 0.15) is 19.8 Å². The molecule has 1 atom stereocenters. The molecule has 0 spiro atoms. The van der Waals surface area contributed by atoms with Crippen molar-refractivity contribution < 1.29 is 24.2 Å². The van der Waals surface area contributed by atoms with Gasteiger partial charge in [-0.05, 0) is 31.9 Å². The summed E-state index contributed by atoms with van der Waals surface area (Å²) in [4.78, 5) is 36.7. The van der Waals surface area contributed by atoms with Crippen molar-refractivity contribution in [3.05, 3.63) is 30.3 Å². The zero-order valence-corrected chi connectivity index (χ0v) is 13.7. The minimum Gasteiger partial charge on any atom is -0.484 e.